The Hall–Kier alpha value is -3.30. The number of pyridine rings is 1. The van der Waals surface area contributed by atoms with Crippen molar-refractivity contribution in [3.63, 3.8) is 0 Å². The number of methoxy groups -OCH3 is 1. The highest BCUT2D eigenvalue weighted by Crippen LogP contribution is 2.37. The minimum atomic E-state index is 0.0316. The fourth-order valence-corrected chi connectivity index (χ4v) is 3.86. The normalized spacial score (nSPS) is 13.0. The fraction of sp³-hybridized carbons (Fsp3) is 0.227. The Bertz CT molecular complexity index is 1170. The van der Waals surface area contributed by atoms with Crippen molar-refractivity contribution in [2.75, 3.05) is 19.0 Å². The second kappa shape index (κ2) is 7.61. The molecule has 0 saturated heterocycles. The largest absolute Gasteiger partial charge is 0.495 e. The molecule has 6 nitrogen and oxygen atoms in total. The summed E-state index contributed by atoms with van der Waals surface area (Å²) in [6, 6.07) is 10.9. The lowest BCUT2D eigenvalue weighted by atomic mass is 9.99. The van der Waals surface area contributed by atoms with E-state index in [9.17, 15) is 4.79 Å². The average molecular weight is 407 g/mol. The first-order valence-electron chi connectivity index (χ1n) is 9.19. The van der Waals surface area contributed by atoms with Crippen LogP contribution in [0.4, 0.5) is 17.1 Å². The van der Waals surface area contributed by atoms with Crippen LogP contribution in [0.3, 0.4) is 0 Å². The molecule has 0 aliphatic carbocycles. The van der Waals surface area contributed by atoms with Crippen LogP contribution in [0.2, 0.25) is 5.02 Å². The van der Waals surface area contributed by atoms with Crippen molar-refractivity contribution < 1.29 is 9.53 Å². The van der Waals surface area contributed by atoms with E-state index in [0.717, 1.165) is 33.5 Å². The lowest BCUT2D eigenvalue weighted by molar-refractivity contribution is -0.129. The number of aromatic nitrogens is 1. The first kappa shape index (κ1) is 19.0. The van der Waals surface area contributed by atoms with E-state index < -0.39 is 0 Å². The average Bonchev–Trinajstić information content (AvgIpc) is 2.73. The lowest BCUT2D eigenvalue weighted by Gasteiger charge is -2.30. The van der Waals surface area contributed by atoms with Crippen molar-refractivity contribution in [3.05, 3.63) is 64.1 Å². The summed E-state index contributed by atoms with van der Waals surface area (Å²) in [5.74, 6) is 0.626. The quantitative estimate of drug-likeness (QED) is 0.615. The number of hydrogen-bond acceptors (Lipinski definition) is 4. The third-order valence-corrected chi connectivity index (χ3v) is 5.41. The molecule has 1 aromatic heterocycles. The van der Waals surface area contributed by atoms with Gasteiger partial charge in [-0.05, 0) is 30.3 Å². The summed E-state index contributed by atoms with van der Waals surface area (Å²) in [6.07, 6.45) is 0.688. The van der Waals surface area contributed by atoms with Crippen LogP contribution in [-0.2, 0) is 17.8 Å². The molecular weight excluding hydrogens is 388 g/mol. The number of nitrogens with zero attached hydrogens (tertiary/aromatic N) is 3. The minimum absolute atomic E-state index is 0.0316. The number of carbonyl (C=O) groups is 1. The monoisotopic (exact) mass is 406 g/mol. The fourth-order valence-electron chi connectivity index (χ4n) is 3.60. The number of amides is 1. The van der Waals surface area contributed by atoms with Gasteiger partial charge in [-0.15, -0.1) is 0 Å². The van der Waals surface area contributed by atoms with Crippen LogP contribution in [0.25, 0.3) is 15.7 Å². The van der Waals surface area contributed by atoms with E-state index in [1.807, 2.05) is 18.2 Å². The Morgan fingerprint density at radius 3 is 2.83 bits per heavy atom. The van der Waals surface area contributed by atoms with Crippen molar-refractivity contribution >= 4 is 45.5 Å². The number of hydrogen-bond donors (Lipinski definition) is 1. The summed E-state index contributed by atoms with van der Waals surface area (Å²) in [7, 11) is 1.57. The van der Waals surface area contributed by atoms with Gasteiger partial charge in [-0.3, -0.25) is 9.78 Å². The molecule has 0 unspecified atom stereocenters. The van der Waals surface area contributed by atoms with Gasteiger partial charge in [-0.25, -0.2) is 4.85 Å². The third kappa shape index (κ3) is 3.57. The van der Waals surface area contributed by atoms with Crippen LogP contribution in [0, 0.1) is 6.57 Å². The van der Waals surface area contributed by atoms with Gasteiger partial charge in [0, 0.05) is 48.8 Å². The van der Waals surface area contributed by atoms with E-state index in [2.05, 4.69) is 10.2 Å². The maximum atomic E-state index is 12.0. The summed E-state index contributed by atoms with van der Waals surface area (Å²) in [5, 5.41) is 4.80. The van der Waals surface area contributed by atoms with Crippen LogP contribution < -0.4 is 10.1 Å². The topological polar surface area (TPSA) is 58.8 Å². The van der Waals surface area contributed by atoms with Gasteiger partial charge in [-0.1, -0.05) is 17.7 Å². The van der Waals surface area contributed by atoms with Gasteiger partial charge >= 0.3 is 0 Å². The van der Waals surface area contributed by atoms with E-state index >= 15 is 0 Å². The zero-order valence-electron chi connectivity index (χ0n) is 16.1. The van der Waals surface area contributed by atoms with Gasteiger partial charge < -0.3 is 15.0 Å². The summed E-state index contributed by atoms with van der Waals surface area (Å²) in [4.78, 5) is 22.1. The first-order valence-corrected chi connectivity index (χ1v) is 9.57. The van der Waals surface area contributed by atoms with Crippen molar-refractivity contribution in [1.29, 1.82) is 0 Å². The second-order valence-corrected chi connectivity index (χ2v) is 7.30. The van der Waals surface area contributed by atoms with Gasteiger partial charge in [0.05, 0.1) is 29.9 Å². The molecule has 0 atom stereocenters. The number of anilines is 2. The molecule has 0 fully saturated rings. The van der Waals surface area contributed by atoms with Crippen molar-refractivity contribution in [3.8, 4) is 5.75 Å². The molecule has 2 heterocycles. The number of fused-ring (bicyclic) bond motifs is 2. The minimum Gasteiger partial charge on any atom is -0.495 e. The molecule has 2 aromatic carbocycles. The van der Waals surface area contributed by atoms with E-state index in [1.165, 1.54) is 0 Å². The van der Waals surface area contributed by atoms with Crippen LogP contribution in [0.1, 0.15) is 18.2 Å². The van der Waals surface area contributed by atoms with E-state index in [0.29, 0.717) is 36.0 Å². The molecular formula is C22H19ClN4O2. The van der Waals surface area contributed by atoms with Gasteiger partial charge in [0.15, 0.2) is 5.69 Å². The molecule has 29 heavy (non-hydrogen) atoms. The Morgan fingerprint density at radius 1 is 1.31 bits per heavy atom. The second-order valence-electron chi connectivity index (χ2n) is 6.89. The summed E-state index contributed by atoms with van der Waals surface area (Å²) < 4.78 is 5.23. The van der Waals surface area contributed by atoms with Crippen LogP contribution >= 0.6 is 11.6 Å². The Balaban J connectivity index is 1.89. The highest BCUT2D eigenvalue weighted by atomic mass is 35.5. The van der Waals surface area contributed by atoms with Crippen LogP contribution in [0.5, 0.6) is 5.75 Å². The molecule has 146 valence electrons. The predicted molar refractivity (Wildman–Crippen MR) is 114 cm³/mol. The Kier molecular flexibility index (Phi) is 4.99. The molecule has 1 amide bonds. The number of benzene rings is 2. The summed E-state index contributed by atoms with van der Waals surface area (Å²) in [6.45, 7) is 10.1. The molecule has 1 aliphatic heterocycles. The number of nitrogens with one attached hydrogen (secondary N) is 1. The van der Waals surface area contributed by atoms with Crippen LogP contribution in [0.15, 0.2) is 36.4 Å². The van der Waals surface area contributed by atoms with Gasteiger partial charge in [0.2, 0.25) is 5.91 Å². The van der Waals surface area contributed by atoms with Crippen molar-refractivity contribution in [1.82, 2.24) is 9.88 Å². The number of ether oxygens (including phenoxy) is 1. The van der Waals surface area contributed by atoms with E-state index in [1.54, 1.807) is 37.1 Å². The number of rotatable bonds is 3. The zero-order chi connectivity index (χ0) is 20.5. The van der Waals surface area contributed by atoms with E-state index in [-0.39, 0.29) is 5.91 Å². The standard InChI is InChI=1S/C22H19ClN4O2/c1-13(28)27-9-8-20-17(12-27)22(16-10-14(24-2)4-6-19(16)26-20)25-15-5-7-21(29-3)18(23)11-15/h4-7,10-11H,8-9,12H2,1,3H3,(H,25,26). The zero-order valence-corrected chi connectivity index (χ0v) is 16.9. The van der Waals surface area contributed by atoms with Crippen LogP contribution in [-0.4, -0.2) is 29.4 Å². The summed E-state index contributed by atoms with van der Waals surface area (Å²) in [5.41, 5.74) is 4.92. The maximum Gasteiger partial charge on any atom is 0.219 e. The smallest absolute Gasteiger partial charge is 0.219 e. The van der Waals surface area contributed by atoms with Gasteiger partial charge in [-0.2, -0.15) is 0 Å². The number of halogens is 1. The first-order chi connectivity index (χ1) is 14.0. The molecule has 1 aliphatic rings. The van der Waals surface area contributed by atoms with Crippen molar-refractivity contribution in [2.45, 2.75) is 19.9 Å². The van der Waals surface area contributed by atoms with E-state index in [4.69, 9.17) is 27.9 Å². The van der Waals surface area contributed by atoms with Crippen molar-refractivity contribution in [2.24, 2.45) is 0 Å². The molecule has 4 rings (SSSR count). The molecule has 3 aromatic rings. The highest BCUT2D eigenvalue weighted by Gasteiger charge is 2.24. The maximum absolute atomic E-state index is 12.0. The lowest BCUT2D eigenvalue weighted by Crippen LogP contribution is -2.35. The molecule has 0 saturated carbocycles. The Morgan fingerprint density at radius 2 is 2.14 bits per heavy atom. The highest BCUT2D eigenvalue weighted by molar-refractivity contribution is 6.32. The summed E-state index contributed by atoms with van der Waals surface area (Å²) >= 11 is 6.30. The SMILES string of the molecule is [C-]#[N+]c1ccc2nc3c(c(Nc4ccc(OC)c(Cl)c4)c2c1)CN(C(C)=O)CC3. The van der Waals surface area contributed by atoms with Gasteiger partial charge in [0.25, 0.3) is 0 Å². The molecule has 7 heteroatoms. The van der Waals surface area contributed by atoms with Gasteiger partial charge in [0.1, 0.15) is 5.75 Å². The molecule has 0 radical (unpaired) electrons. The Labute approximate surface area is 173 Å². The molecule has 0 bridgehead atoms. The predicted octanol–water partition coefficient (Wildman–Crippen LogP) is 5.10. The number of carbonyl (C=O) groups excluding carboxylic acids is 1. The molecule has 0 spiro atoms. The third-order valence-electron chi connectivity index (χ3n) is 5.12. The molecule has 1 N–H and O–H groups in total.